The zero-order valence-corrected chi connectivity index (χ0v) is 8.49. The second-order valence-electron chi connectivity index (χ2n) is 4.05. The molecule has 0 atom stereocenters. The van der Waals surface area contributed by atoms with E-state index < -0.39 is 5.60 Å². The van der Waals surface area contributed by atoms with E-state index in [0.717, 1.165) is 29.4 Å². The van der Waals surface area contributed by atoms with Gasteiger partial charge in [0.15, 0.2) is 11.3 Å². The van der Waals surface area contributed by atoms with Crippen LogP contribution in [-0.2, 0) is 5.60 Å². The van der Waals surface area contributed by atoms with Crippen molar-refractivity contribution in [3.8, 4) is 5.75 Å². The van der Waals surface area contributed by atoms with Crippen molar-refractivity contribution in [1.82, 2.24) is 0 Å². The Kier molecular flexibility index (Phi) is 1.62. The summed E-state index contributed by atoms with van der Waals surface area (Å²) in [5, 5.41) is 11.0. The molecule has 1 N–H and O–H groups in total. The van der Waals surface area contributed by atoms with Crippen molar-refractivity contribution < 1.29 is 14.3 Å². The molecule has 0 amide bonds. The van der Waals surface area contributed by atoms with E-state index in [-0.39, 0.29) is 0 Å². The fourth-order valence-electron chi connectivity index (χ4n) is 1.88. The number of rotatable bonds is 2. The van der Waals surface area contributed by atoms with Crippen LogP contribution in [0.15, 0.2) is 28.9 Å². The van der Waals surface area contributed by atoms with Gasteiger partial charge in [-0.05, 0) is 36.6 Å². The third-order valence-electron chi connectivity index (χ3n) is 3.00. The Bertz CT molecular complexity index is 509. The average molecular weight is 204 g/mol. The fraction of sp³-hybridized carbons (Fsp3) is 0.333. The summed E-state index contributed by atoms with van der Waals surface area (Å²) in [6.07, 6.45) is 3.30. The third-order valence-corrected chi connectivity index (χ3v) is 3.00. The minimum atomic E-state index is -0.626. The molecule has 0 radical (unpaired) electrons. The minimum Gasteiger partial charge on any atom is -0.493 e. The van der Waals surface area contributed by atoms with Crippen molar-refractivity contribution in [2.45, 2.75) is 18.4 Å². The standard InChI is InChI=1S/C12H12O3/c1-14-10-7-9(12(13)3-4-12)6-8-2-5-15-11(8)10/h2,5-7,13H,3-4H2,1H3. The highest BCUT2D eigenvalue weighted by Gasteiger charge is 2.42. The Labute approximate surface area is 87.3 Å². The van der Waals surface area contributed by atoms with Gasteiger partial charge < -0.3 is 14.3 Å². The van der Waals surface area contributed by atoms with Gasteiger partial charge in [0, 0.05) is 5.39 Å². The summed E-state index contributed by atoms with van der Waals surface area (Å²) in [7, 11) is 1.61. The molecule has 78 valence electrons. The van der Waals surface area contributed by atoms with Gasteiger partial charge in [0.1, 0.15) is 0 Å². The van der Waals surface area contributed by atoms with Crippen LogP contribution in [0.2, 0.25) is 0 Å². The molecule has 3 heteroatoms. The van der Waals surface area contributed by atoms with E-state index in [2.05, 4.69) is 0 Å². The SMILES string of the molecule is COc1cc(C2(O)CC2)cc2ccoc12. The first kappa shape index (κ1) is 8.80. The summed E-state index contributed by atoms with van der Waals surface area (Å²) >= 11 is 0. The molecule has 1 fully saturated rings. The maximum absolute atomic E-state index is 10.0. The molecule has 3 rings (SSSR count). The van der Waals surface area contributed by atoms with Gasteiger partial charge in [0.2, 0.25) is 0 Å². The molecular weight excluding hydrogens is 192 g/mol. The summed E-state index contributed by atoms with van der Waals surface area (Å²) in [6, 6.07) is 5.71. The van der Waals surface area contributed by atoms with Crippen molar-refractivity contribution >= 4 is 11.0 Å². The predicted molar refractivity (Wildman–Crippen MR) is 55.9 cm³/mol. The van der Waals surface area contributed by atoms with Crippen molar-refractivity contribution in [3.05, 3.63) is 30.0 Å². The number of ether oxygens (including phenoxy) is 1. The Balaban J connectivity index is 2.24. The number of benzene rings is 1. The second kappa shape index (κ2) is 2.76. The van der Waals surface area contributed by atoms with E-state index in [4.69, 9.17) is 9.15 Å². The van der Waals surface area contributed by atoms with Crippen molar-refractivity contribution in [3.63, 3.8) is 0 Å². The van der Waals surface area contributed by atoms with Gasteiger partial charge in [-0.25, -0.2) is 0 Å². The van der Waals surface area contributed by atoms with E-state index in [9.17, 15) is 5.11 Å². The molecule has 1 aliphatic carbocycles. The highest BCUT2D eigenvalue weighted by atomic mass is 16.5. The molecular formula is C12H12O3. The second-order valence-corrected chi connectivity index (χ2v) is 4.05. The Morgan fingerprint density at radius 1 is 1.40 bits per heavy atom. The quantitative estimate of drug-likeness (QED) is 0.816. The lowest BCUT2D eigenvalue weighted by atomic mass is 10.1. The van der Waals surface area contributed by atoms with Crippen molar-refractivity contribution in [1.29, 1.82) is 0 Å². The summed E-state index contributed by atoms with van der Waals surface area (Å²) in [4.78, 5) is 0. The maximum atomic E-state index is 10.0. The third kappa shape index (κ3) is 1.23. The topological polar surface area (TPSA) is 42.6 Å². The molecule has 0 bridgehead atoms. The summed E-state index contributed by atoms with van der Waals surface area (Å²) in [5.74, 6) is 0.688. The molecule has 2 aromatic rings. The lowest BCUT2D eigenvalue weighted by Crippen LogP contribution is -2.04. The van der Waals surface area contributed by atoms with Crippen LogP contribution in [0.4, 0.5) is 0 Å². The lowest BCUT2D eigenvalue weighted by molar-refractivity contribution is 0.151. The molecule has 1 aliphatic rings. The van der Waals surface area contributed by atoms with Crippen LogP contribution in [0.25, 0.3) is 11.0 Å². The normalized spacial score (nSPS) is 18.0. The molecule has 1 aromatic heterocycles. The highest BCUT2D eigenvalue weighted by molar-refractivity contribution is 5.84. The minimum absolute atomic E-state index is 0.626. The zero-order chi connectivity index (χ0) is 10.5. The summed E-state index contributed by atoms with van der Waals surface area (Å²) < 4.78 is 10.6. The van der Waals surface area contributed by atoms with Gasteiger partial charge >= 0.3 is 0 Å². The summed E-state index contributed by atoms with van der Waals surface area (Å²) in [5.41, 5.74) is 1.04. The first-order chi connectivity index (χ1) is 7.23. The first-order valence-corrected chi connectivity index (χ1v) is 5.01. The van der Waals surface area contributed by atoms with Crippen LogP contribution >= 0.6 is 0 Å². The van der Waals surface area contributed by atoms with Gasteiger partial charge in [-0.2, -0.15) is 0 Å². The Hall–Kier alpha value is -1.48. The van der Waals surface area contributed by atoms with Crippen LogP contribution in [0.3, 0.4) is 0 Å². The molecule has 0 aliphatic heterocycles. The first-order valence-electron chi connectivity index (χ1n) is 5.01. The maximum Gasteiger partial charge on any atom is 0.175 e. The van der Waals surface area contributed by atoms with Gasteiger partial charge in [-0.15, -0.1) is 0 Å². The number of hydrogen-bond donors (Lipinski definition) is 1. The largest absolute Gasteiger partial charge is 0.493 e. The van der Waals surface area contributed by atoms with E-state index in [1.54, 1.807) is 13.4 Å². The smallest absolute Gasteiger partial charge is 0.175 e. The monoisotopic (exact) mass is 204 g/mol. The van der Waals surface area contributed by atoms with E-state index in [0.29, 0.717) is 5.75 Å². The Morgan fingerprint density at radius 2 is 2.20 bits per heavy atom. The number of furan rings is 1. The number of hydrogen-bond acceptors (Lipinski definition) is 3. The highest BCUT2D eigenvalue weighted by Crippen LogP contribution is 2.47. The van der Waals surface area contributed by atoms with Gasteiger partial charge in [0.25, 0.3) is 0 Å². The van der Waals surface area contributed by atoms with Crippen LogP contribution in [0, 0.1) is 0 Å². The number of aliphatic hydroxyl groups is 1. The van der Waals surface area contributed by atoms with Gasteiger partial charge in [0.05, 0.1) is 19.0 Å². The molecule has 1 saturated carbocycles. The predicted octanol–water partition coefficient (Wildman–Crippen LogP) is 2.42. The molecule has 0 unspecified atom stereocenters. The van der Waals surface area contributed by atoms with Crippen LogP contribution in [0.1, 0.15) is 18.4 Å². The lowest BCUT2D eigenvalue weighted by Gasteiger charge is -2.10. The molecule has 0 spiro atoms. The van der Waals surface area contributed by atoms with E-state index in [1.807, 2.05) is 18.2 Å². The average Bonchev–Trinajstić information content (AvgIpc) is 2.82. The Morgan fingerprint density at radius 3 is 2.87 bits per heavy atom. The molecule has 15 heavy (non-hydrogen) atoms. The molecule has 0 saturated heterocycles. The molecule has 1 heterocycles. The van der Waals surface area contributed by atoms with Crippen LogP contribution < -0.4 is 4.74 Å². The van der Waals surface area contributed by atoms with E-state index in [1.165, 1.54) is 0 Å². The molecule has 1 aromatic carbocycles. The zero-order valence-electron chi connectivity index (χ0n) is 8.49. The van der Waals surface area contributed by atoms with Gasteiger partial charge in [-0.1, -0.05) is 0 Å². The number of methoxy groups -OCH3 is 1. The molecule has 3 nitrogen and oxygen atoms in total. The van der Waals surface area contributed by atoms with Crippen LogP contribution in [-0.4, -0.2) is 12.2 Å². The van der Waals surface area contributed by atoms with Gasteiger partial charge in [-0.3, -0.25) is 0 Å². The van der Waals surface area contributed by atoms with Crippen molar-refractivity contribution in [2.24, 2.45) is 0 Å². The number of fused-ring (bicyclic) bond motifs is 1. The van der Waals surface area contributed by atoms with Crippen molar-refractivity contribution in [2.75, 3.05) is 7.11 Å². The summed E-state index contributed by atoms with van der Waals surface area (Å²) in [6.45, 7) is 0. The fourth-order valence-corrected chi connectivity index (χ4v) is 1.88. The van der Waals surface area contributed by atoms with E-state index >= 15 is 0 Å². The van der Waals surface area contributed by atoms with Crippen LogP contribution in [0.5, 0.6) is 5.75 Å².